The van der Waals surface area contributed by atoms with Crippen LogP contribution in [0.3, 0.4) is 0 Å². The summed E-state index contributed by atoms with van der Waals surface area (Å²) in [5.74, 6) is 0.826. The summed E-state index contributed by atoms with van der Waals surface area (Å²) in [6.07, 6.45) is 2.03. The van der Waals surface area contributed by atoms with Gasteiger partial charge in [-0.25, -0.2) is 0 Å². The van der Waals surface area contributed by atoms with Gasteiger partial charge in [-0.1, -0.05) is 20.8 Å². The van der Waals surface area contributed by atoms with Crippen molar-refractivity contribution in [3.05, 3.63) is 0 Å². The van der Waals surface area contributed by atoms with E-state index in [0.29, 0.717) is 5.41 Å². The molecule has 0 spiro atoms. The van der Waals surface area contributed by atoms with Gasteiger partial charge in [0.1, 0.15) is 0 Å². The fourth-order valence-corrected chi connectivity index (χ4v) is 1.57. The van der Waals surface area contributed by atoms with Crippen LogP contribution in [-0.2, 0) is 0 Å². The molecule has 0 radical (unpaired) electrons. The summed E-state index contributed by atoms with van der Waals surface area (Å²) in [5, 5.41) is 7.65. The lowest BCUT2D eigenvalue weighted by molar-refractivity contribution is 0.0955. The molecule has 0 atom stereocenters. The van der Waals surface area contributed by atoms with Gasteiger partial charge in [0, 0.05) is 19.5 Å². The highest BCUT2D eigenvalue weighted by atomic mass is 15.2. The van der Waals surface area contributed by atoms with Gasteiger partial charge in [0.05, 0.1) is 5.84 Å². The zero-order chi connectivity index (χ0) is 8.48. The SMILES string of the molecule is CCCC(=N)N1CC(C)(C)C1. The number of hydrogen-bond acceptors (Lipinski definition) is 1. The average molecular weight is 154 g/mol. The molecule has 0 aromatic heterocycles. The van der Waals surface area contributed by atoms with E-state index in [2.05, 4.69) is 25.7 Å². The van der Waals surface area contributed by atoms with E-state index in [4.69, 9.17) is 5.41 Å². The third-order valence-corrected chi connectivity index (χ3v) is 2.11. The Balaban J connectivity index is 2.27. The molecule has 1 aliphatic heterocycles. The standard InChI is InChI=1S/C9H18N2/c1-4-5-8(10)11-6-9(2,3)7-11/h10H,4-7H2,1-3H3. The van der Waals surface area contributed by atoms with Crippen molar-refractivity contribution in [3.63, 3.8) is 0 Å². The molecule has 1 heterocycles. The summed E-state index contributed by atoms with van der Waals surface area (Å²) in [4.78, 5) is 2.17. The number of nitrogens with zero attached hydrogens (tertiary/aromatic N) is 1. The predicted molar refractivity (Wildman–Crippen MR) is 48.0 cm³/mol. The second kappa shape index (κ2) is 2.84. The van der Waals surface area contributed by atoms with Crippen molar-refractivity contribution in [1.82, 2.24) is 4.90 Å². The van der Waals surface area contributed by atoms with Crippen LogP contribution in [0.1, 0.15) is 33.6 Å². The first kappa shape index (κ1) is 8.57. The summed E-state index contributed by atoms with van der Waals surface area (Å²) in [7, 11) is 0. The second-order valence-electron chi connectivity index (χ2n) is 4.22. The molecule has 0 aromatic carbocycles. The smallest absolute Gasteiger partial charge is 0.0957 e. The zero-order valence-electron chi connectivity index (χ0n) is 7.78. The number of amidine groups is 1. The van der Waals surface area contributed by atoms with Gasteiger partial charge in [-0.15, -0.1) is 0 Å². The molecule has 0 bridgehead atoms. The Kier molecular flexibility index (Phi) is 2.21. The Morgan fingerprint density at radius 2 is 2.00 bits per heavy atom. The normalized spacial score (nSPS) is 21.2. The molecule has 11 heavy (non-hydrogen) atoms. The Labute approximate surface area is 69.1 Å². The van der Waals surface area contributed by atoms with E-state index in [0.717, 1.165) is 31.8 Å². The molecule has 2 heteroatoms. The summed E-state index contributed by atoms with van der Waals surface area (Å²) in [6, 6.07) is 0. The summed E-state index contributed by atoms with van der Waals surface area (Å²) in [6.45, 7) is 8.78. The van der Waals surface area contributed by atoms with Crippen LogP contribution in [0, 0.1) is 10.8 Å². The molecule has 1 rings (SSSR count). The minimum Gasteiger partial charge on any atom is -0.359 e. The Bertz CT molecular complexity index is 153. The quantitative estimate of drug-likeness (QED) is 0.478. The van der Waals surface area contributed by atoms with Gasteiger partial charge in [-0.3, -0.25) is 5.41 Å². The fraction of sp³-hybridized carbons (Fsp3) is 0.889. The van der Waals surface area contributed by atoms with Crippen molar-refractivity contribution in [2.45, 2.75) is 33.6 Å². The maximum atomic E-state index is 7.65. The predicted octanol–water partition coefficient (Wildman–Crippen LogP) is 2.11. The summed E-state index contributed by atoms with van der Waals surface area (Å²) < 4.78 is 0. The Hall–Kier alpha value is -0.530. The lowest BCUT2D eigenvalue weighted by Crippen LogP contribution is -2.55. The van der Waals surface area contributed by atoms with Gasteiger partial charge in [0.25, 0.3) is 0 Å². The number of rotatable bonds is 2. The molecule has 1 aliphatic rings. The van der Waals surface area contributed by atoms with E-state index in [1.807, 2.05) is 0 Å². The minimum absolute atomic E-state index is 0.458. The van der Waals surface area contributed by atoms with E-state index in [1.54, 1.807) is 0 Å². The Morgan fingerprint density at radius 3 is 2.36 bits per heavy atom. The zero-order valence-corrected chi connectivity index (χ0v) is 7.78. The van der Waals surface area contributed by atoms with Gasteiger partial charge in [-0.2, -0.15) is 0 Å². The van der Waals surface area contributed by atoms with Gasteiger partial charge in [0.15, 0.2) is 0 Å². The molecule has 1 fully saturated rings. The van der Waals surface area contributed by atoms with Crippen LogP contribution in [0.25, 0.3) is 0 Å². The average Bonchev–Trinajstić information content (AvgIpc) is 1.83. The second-order valence-corrected chi connectivity index (χ2v) is 4.22. The maximum Gasteiger partial charge on any atom is 0.0957 e. The lowest BCUT2D eigenvalue weighted by atomic mass is 9.84. The summed E-state index contributed by atoms with van der Waals surface area (Å²) in [5.41, 5.74) is 0.458. The molecule has 2 nitrogen and oxygen atoms in total. The van der Waals surface area contributed by atoms with Crippen LogP contribution < -0.4 is 0 Å². The molecule has 1 saturated heterocycles. The molecule has 0 unspecified atom stereocenters. The molecular weight excluding hydrogens is 136 g/mol. The van der Waals surface area contributed by atoms with E-state index in [9.17, 15) is 0 Å². The topological polar surface area (TPSA) is 27.1 Å². The molecular formula is C9H18N2. The number of hydrogen-bond donors (Lipinski definition) is 1. The Morgan fingerprint density at radius 1 is 1.45 bits per heavy atom. The van der Waals surface area contributed by atoms with Crippen LogP contribution >= 0.6 is 0 Å². The van der Waals surface area contributed by atoms with Gasteiger partial charge >= 0.3 is 0 Å². The van der Waals surface area contributed by atoms with E-state index in [-0.39, 0.29) is 0 Å². The van der Waals surface area contributed by atoms with Crippen LogP contribution in [0.15, 0.2) is 0 Å². The first-order valence-corrected chi connectivity index (χ1v) is 4.37. The van der Waals surface area contributed by atoms with Crippen molar-refractivity contribution in [2.75, 3.05) is 13.1 Å². The monoisotopic (exact) mass is 154 g/mol. The van der Waals surface area contributed by atoms with Crippen molar-refractivity contribution in [1.29, 1.82) is 5.41 Å². The summed E-state index contributed by atoms with van der Waals surface area (Å²) >= 11 is 0. The van der Waals surface area contributed by atoms with Crippen molar-refractivity contribution in [3.8, 4) is 0 Å². The van der Waals surface area contributed by atoms with E-state index < -0.39 is 0 Å². The van der Waals surface area contributed by atoms with Crippen molar-refractivity contribution < 1.29 is 0 Å². The van der Waals surface area contributed by atoms with Crippen molar-refractivity contribution in [2.24, 2.45) is 5.41 Å². The molecule has 1 N–H and O–H groups in total. The molecule has 0 aliphatic carbocycles. The van der Waals surface area contributed by atoms with Crippen molar-refractivity contribution >= 4 is 5.84 Å². The van der Waals surface area contributed by atoms with E-state index in [1.165, 1.54) is 0 Å². The molecule has 64 valence electrons. The molecule has 0 saturated carbocycles. The van der Waals surface area contributed by atoms with Gasteiger partial charge < -0.3 is 4.90 Å². The third kappa shape index (κ3) is 1.95. The highest BCUT2D eigenvalue weighted by Gasteiger charge is 2.34. The number of likely N-dealkylation sites (tertiary alicyclic amines) is 1. The van der Waals surface area contributed by atoms with Crippen LogP contribution in [0.2, 0.25) is 0 Å². The van der Waals surface area contributed by atoms with Gasteiger partial charge in [-0.05, 0) is 11.8 Å². The van der Waals surface area contributed by atoms with Crippen LogP contribution in [-0.4, -0.2) is 23.8 Å². The van der Waals surface area contributed by atoms with Gasteiger partial charge in [0.2, 0.25) is 0 Å². The lowest BCUT2D eigenvalue weighted by Gasteiger charge is -2.47. The maximum absolute atomic E-state index is 7.65. The third-order valence-electron chi connectivity index (χ3n) is 2.11. The highest BCUT2D eigenvalue weighted by Crippen LogP contribution is 2.29. The minimum atomic E-state index is 0.458. The van der Waals surface area contributed by atoms with E-state index >= 15 is 0 Å². The molecule has 0 aromatic rings. The fourth-order valence-electron chi connectivity index (χ4n) is 1.57. The van der Waals surface area contributed by atoms with Crippen LogP contribution in [0.4, 0.5) is 0 Å². The number of nitrogens with one attached hydrogen (secondary N) is 1. The molecule has 0 amide bonds. The highest BCUT2D eigenvalue weighted by molar-refractivity contribution is 5.79. The largest absolute Gasteiger partial charge is 0.359 e. The first-order chi connectivity index (χ1) is 5.05. The van der Waals surface area contributed by atoms with Crippen LogP contribution in [0.5, 0.6) is 0 Å². The first-order valence-electron chi connectivity index (χ1n) is 4.37.